The van der Waals surface area contributed by atoms with Crippen LogP contribution in [0.2, 0.25) is 0 Å². The molecule has 0 aromatic carbocycles. The van der Waals surface area contributed by atoms with Crippen LogP contribution >= 0.6 is 0 Å². The molecule has 12 heavy (non-hydrogen) atoms. The molecule has 0 fully saturated rings. The fourth-order valence-corrected chi connectivity index (χ4v) is 0.607. The van der Waals surface area contributed by atoms with Crippen molar-refractivity contribution in [1.29, 1.82) is 0 Å². The molecule has 1 unspecified atom stereocenters. The molecule has 4 nitrogen and oxygen atoms in total. The number of hydrogen-bond donors (Lipinski definition) is 2. The van der Waals surface area contributed by atoms with E-state index >= 15 is 0 Å². The van der Waals surface area contributed by atoms with Crippen LogP contribution in [-0.4, -0.2) is 35.0 Å². The van der Waals surface area contributed by atoms with Crippen LogP contribution in [0.4, 0.5) is 0 Å². The molecule has 0 saturated heterocycles. The van der Waals surface area contributed by atoms with Gasteiger partial charge in [-0.25, -0.2) is 0 Å². The van der Waals surface area contributed by atoms with Crippen LogP contribution in [0.25, 0.3) is 0 Å². The van der Waals surface area contributed by atoms with E-state index in [0.29, 0.717) is 6.42 Å². The van der Waals surface area contributed by atoms with Gasteiger partial charge in [0.2, 0.25) is 0 Å². The number of ether oxygens (including phenoxy) is 1. The van der Waals surface area contributed by atoms with Crippen LogP contribution in [0.15, 0.2) is 0 Å². The second-order valence-electron chi connectivity index (χ2n) is 2.80. The summed E-state index contributed by atoms with van der Waals surface area (Å²) in [5.74, 6) is -0.475. The summed E-state index contributed by atoms with van der Waals surface area (Å²) in [6, 6.07) is 0. The molecular formula is C8H16O4. The zero-order valence-corrected chi connectivity index (χ0v) is 7.49. The Morgan fingerprint density at radius 2 is 2.08 bits per heavy atom. The highest BCUT2D eigenvalue weighted by Crippen LogP contribution is 1.96. The van der Waals surface area contributed by atoms with E-state index in [4.69, 9.17) is 10.2 Å². The first kappa shape index (κ1) is 11.4. The highest BCUT2D eigenvalue weighted by atomic mass is 16.5. The van der Waals surface area contributed by atoms with Crippen LogP contribution < -0.4 is 0 Å². The van der Waals surface area contributed by atoms with Gasteiger partial charge in [0.05, 0.1) is 18.6 Å². The summed E-state index contributed by atoms with van der Waals surface area (Å²) in [5.41, 5.74) is 0. The smallest absolute Gasteiger partial charge is 0.308 e. The quantitative estimate of drug-likeness (QED) is 0.582. The van der Waals surface area contributed by atoms with Crippen molar-refractivity contribution in [1.82, 2.24) is 0 Å². The summed E-state index contributed by atoms with van der Waals surface area (Å²) < 4.78 is 4.66. The Balaban J connectivity index is 3.44. The molecule has 0 saturated carbocycles. The van der Waals surface area contributed by atoms with Gasteiger partial charge in [0.1, 0.15) is 6.61 Å². The van der Waals surface area contributed by atoms with Crippen molar-refractivity contribution in [3.63, 3.8) is 0 Å². The van der Waals surface area contributed by atoms with E-state index in [9.17, 15) is 4.79 Å². The second kappa shape index (κ2) is 5.97. The lowest BCUT2D eigenvalue weighted by Crippen LogP contribution is -2.19. The molecule has 0 aliphatic rings. The average molecular weight is 176 g/mol. The summed E-state index contributed by atoms with van der Waals surface area (Å²) in [6.07, 6.45) is -0.738. The van der Waals surface area contributed by atoms with Gasteiger partial charge in [0.25, 0.3) is 0 Å². The standard InChI is InChI=1S/C8H16O4/c1-3-7(10)5-12-8(11)4-6(2)9/h6-7,9-10H,3-5H2,1-2H3/t6?,7-/m1/s1. The molecule has 0 rings (SSSR count). The average Bonchev–Trinajstić information content (AvgIpc) is 1.99. The Morgan fingerprint density at radius 3 is 2.50 bits per heavy atom. The maximum Gasteiger partial charge on any atom is 0.308 e. The Kier molecular flexibility index (Phi) is 5.66. The lowest BCUT2D eigenvalue weighted by Gasteiger charge is -2.09. The Labute approximate surface area is 72.2 Å². The summed E-state index contributed by atoms with van der Waals surface area (Å²) >= 11 is 0. The summed E-state index contributed by atoms with van der Waals surface area (Å²) in [6.45, 7) is 3.33. The fourth-order valence-electron chi connectivity index (χ4n) is 0.607. The van der Waals surface area contributed by atoms with Gasteiger partial charge in [-0.1, -0.05) is 6.92 Å². The minimum absolute atomic E-state index is 0.0159. The minimum atomic E-state index is -0.684. The number of aliphatic hydroxyl groups excluding tert-OH is 2. The predicted molar refractivity (Wildman–Crippen MR) is 43.6 cm³/mol. The molecule has 0 aliphatic carbocycles. The van der Waals surface area contributed by atoms with Crippen LogP contribution in [0.5, 0.6) is 0 Å². The van der Waals surface area contributed by atoms with Gasteiger partial charge in [-0.15, -0.1) is 0 Å². The highest BCUT2D eigenvalue weighted by Gasteiger charge is 2.09. The maximum atomic E-state index is 10.8. The van der Waals surface area contributed by atoms with E-state index in [1.807, 2.05) is 0 Å². The van der Waals surface area contributed by atoms with Gasteiger partial charge in [0, 0.05) is 0 Å². The van der Waals surface area contributed by atoms with Crippen LogP contribution in [0.1, 0.15) is 26.7 Å². The van der Waals surface area contributed by atoms with Crippen molar-refractivity contribution < 1.29 is 19.7 Å². The van der Waals surface area contributed by atoms with Crippen molar-refractivity contribution in [2.45, 2.75) is 38.9 Å². The van der Waals surface area contributed by atoms with Crippen molar-refractivity contribution >= 4 is 5.97 Å². The van der Waals surface area contributed by atoms with Crippen LogP contribution in [0, 0.1) is 0 Å². The van der Waals surface area contributed by atoms with Crippen LogP contribution in [-0.2, 0) is 9.53 Å². The Hall–Kier alpha value is -0.610. The second-order valence-corrected chi connectivity index (χ2v) is 2.80. The molecule has 0 aromatic heterocycles. The number of carbonyl (C=O) groups is 1. The van der Waals surface area contributed by atoms with Crippen molar-refractivity contribution in [3.05, 3.63) is 0 Å². The zero-order chi connectivity index (χ0) is 9.56. The highest BCUT2D eigenvalue weighted by molar-refractivity contribution is 5.69. The molecule has 4 heteroatoms. The Morgan fingerprint density at radius 1 is 1.50 bits per heavy atom. The normalized spacial score (nSPS) is 15.3. The third-order valence-electron chi connectivity index (χ3n) is 1.37. The van der Waals surface area contributed by atoms with Gasteiger partial charge in [0.15, 0.2) is 0 Å². The molecule has 0 amide bonds. The summed E-state index contributed by atoms with van der Waals surface area (Å²) in [4.78, 5) is 10.8. The van der Waals surface area contributed by atoms with E-state index in [1.54, 1.807) is 6.92 Å². The van der Waals surface area contributed by atoms with Gasteiger partial charge in [-0.2, -0.15) is 0 Å². The first-order valence-corrected chi connectivity index (χ1v) is 4.08. The molecule has 2 atom stereocenters. The van der Waals surface area contributed by atoms with Gasteiger partial charge in [-0.05, 0) is 13.3 Å². The molecular weight excluding hydrogens is 160 g/mol. The lowest BCUT2D eigenvalue weighted by molar-refractivity contribution is -0.148. The molecule has 0 heterocycles. The largest absolute Gasteiger partial charge is 0.463 e. The van der Waals surface area contributed by atoms with E-state index in [1.165, 1.54) is 6.92 Å². The van der Waals surface area contributed by atoms with Crippen molar-refractivity contribution in [2.24, 2.45) is 0 Å². The topological polar surface area (TPSA) is 66.8 Å². The monoisotopic (exact) mass is 176 g/mol. The third-order valence-corrected chi connectivity index (χ3v) is 1.37. The Bertz CT molecular complexity index is 133. The molecule has 0 aliphatic heterocycles. The first-order valence-electron chi connectivity index (χ1n) is 4.08. The molecule has 0 aromatic rings. The van der Waals surface area contributed by atoms with E-state index in [0.717, 1.165) is 0 Å². The van der Waals surface area contributed by atoms with E-state index in [2.05, 4.69) is 4.74 Å². The zero-order valence-electron chi connectivity index (χ0n) is 7.49. The molecule has 72 valence electrons. The number of rotatable bonds is 5. The molecule has 0 radical (unpaired) electrons. The lowest BCUT2D eigenvalue weighted by atomic mass is 10.3. The van der Waals surface area contributed by atoms with Gasteiger partial charge >= 0.3 is 5.97 Å². The number of carbonyl (C=O) groups excluding carboxylic acids is 1. The van der Waals surface area contributed by atoms with Crippen LogP contribution in [0.3, 0.4) is 0 Å². The molecule has 0 bridgehead atoms. The number of esters is 1. The third kappa shape index (κ3) is 6.12. The first-order chi connectivity index (χ1) is 5.56. The SMILES string of the molecule is CC[C@@H](O)COC(=O)CC(C)O. The fraction of sp³-hybridized carbons (Fsp3) is 0.875. The maximum absolute atomic E-state index is 10.8. The van der Waals surface area contributed by atoms with E-state index < -0.39 is 18.2 Å². The summed E-state index contributed by atoms with van der Waals surface area (Å²) in [5, 5.41) is 17.8. The molecule has 0 spiro atoms. The van der Waals surface area contributed by atoms with Crippen molar-refractivity contribution in [3.8, 4) is 0 Å². The van der Waals surface area contributed by atoms with Gasteiger partial charge in [-0.3, -0.25) is 4.79 Å². The van der Waals surface area contributed by atoms with Crippen molar-refractivity contribution in [2.75, 3.05) is 6.61 Å². The molecule has 2 N–H and O–H groups in total. The van der Waals surface area contributed by atoms with Gasteiger partial charge < -0.3 is 14.9 Å². The predicted octanol–water partition coefficient (Wildman–Crippen LogP) is 0.0714. The number of aliphatic hydroxyl groups is 2. The minimum Gasteiger partial charge on any atom is -0.463 e. The summed E-state index contributed by atoms with van der Waals surface area (Å²) in [7, 11) is 0. The van der Waals surface area contributed by atoms with E-state index in [-0.39, 0.29) is 13.0 Å². The number of hydrogen-bond acceptors (Lipinski definition) is 4.